The fourth-order valence-corrected chi connectivity index (χ4v) is 5.52. The second-order valence-corrected chi connectivity index (χ2v) is 9.24. The second kappa shape index (κ2) is 10.6. The van der Waals surface area contributed by atoms with Crippen LogP contribution in [0.2, 0.25) is 0 Å². The summed E-state index contributed by atoms with van der Waals surface area (Å²) in [5.74, 6) is 1.19. The maximum Gasteiger partial charge on any atom is 0.303 e. The minimum absolute atomic E-state index is 0.147. The lowest BCUT2D eigenvalue weighted by atomic mass is 9.77. The first kappa shape index (κ1) is 21.6. The zero-order valence-electron chi connectivity index (χ0n) is 18.0. The Bertz CT molecular complexity index is 684. The summed E-state index contributed by atoms with van der Waals surface area (Å²) < 4.78 is 18.4. The molecule has 1 aromatic rings. The number of ether oxygens (including phenoxy) is 3. The van der Waals surface area contributed by atoms with Crippen molar-refractivity contribution in [1.82, 2.24) is 0 Å². The first-order valence-electron chi connectivity index (χ1n) is 11.9. The molecule has 4 atom stereocenters. The smallest absolute Gasteiger partial charge is 0.303 e. The Hall–Kier alpha value is -1.59. The van der Waals surface area contributed by atoms with Crippen molar-refractivity contribution in [2.45, 2.75) is 88.9 Å². The molecule has 0 radical (unpaired) electrons. The van der Waals surface area contributed by atoms with Gasteiger partial charge >= 0.3 is 5.97 Å². The highest BCUT2D eigenvalue weighted by Gasteiger charge is 2.48. The Morgan fingerprint density at radius 2 is 1.87 bits per heavy atom. The van der Waals surface area contributed by atoms with Crippen LogP contribution in [-0.4, -0.2) is 42.6 Å². The summed E-state index contributed by atoms with van der Waals surface area (Å²) >= 11 is 0. The maximum absolute atomic E-state index is 10.6. The average Bonchev–Trinajstić information content (AvgIpc) is 3.36. The standard InChI is InChI=1S/C25H36O5/c26-25(27)10-5-15-28-20-9-4-6-18(16-20)11-12-21-22(24-14-13-23(21)30-24)17-29-19-7-2-1-3-8-19/h4,6,9,16,19,21-24H,1-3,5,7-8,10-15,17H2,(H,26,27)/t21-,22+,23-,24+/m1/s1. The summed E-state index contributed by atoms with van der Waals surface area (Å²) in [5, 5.41) is 8.73. The van der Waals surface area contributed by atoms with Gasteiger partial charge in [0.2, 0.25) is 0 Å². The van der Waals surface area contributed by atoms with E-state index >= 15 is 0 Å². The van der Waals surface area contributed by atoms with Crippen molar-refractivity contribution in [3.8, 4) is 5.75 Å². The molecule has 2 bridgehead atoms. The predicted molar refractivity (Wildman–Crippen MR) is 115 cm³/mol. The van der Waals surface area contributed by atoms with Gasteiger partial charge in [0.25, 0.3) is 0 Å². The van der Waals surface area contributed by atoms with Crippen LogP contribution in [0.1, 0.15) is 69.8 Å². The number of carboxylic acid groups (broad SMARTS) is 1. The van der Waals surface area contributed by atoms with E-state index < -0.39 is 5.97 Å². The van der Waals surface area contributed by atoms with Gasteiger partial charge in [-0.15, -0.1) is 0 Å². The summed E-state index contributed by atoms with van der Waals surface area (Å²) in [6.07, 6.45) is 12.9. The molecule has 2 saturated heterocycles. The molecule has 5 nitrogen and oxygen atoms in total. The average molecular weight is 417 g/mol. The molecule has 4 rings (SSSR count). The fourth-order valence-electron chi connectivity index (χ4n) is 5.52. The quantitative estimate of drug-likeness (QED) is 0.514. The van der Waals surface area contributed by atoms with Crippen LogP contribution in [0.25, 0.3) is 0 Å². The molecule has 3 aliphatic rings. The van der Waals surface area contributed by atoms with Crippen LogP contribution in [0.15, 0.2) is 24.3 Å². The molecule has 1 N–H and O–H groups in total. The first-order valence-corrected chi connectivity index (χ1v) is 11.9. The third-order valence-electron chi connectivity index (χ3n) is 7.14. The Labute approximate surface area is 180 Å². The van der Waals surface area contributed by atoms with E-state index in [1.165, 1.54) is 50.5 Å². The molecule has 0 aromatic heterocycles. The lowest BCUT2D eigenvalue weighted by molar-refractivity contribution is -0.137. The number of hydrogen-bond donors (Lipinski definition) is 1. The highest BCUT2D eigenvalue weighted by atomic mass is 16.5. The number of hydrogen-bond acceptors (Lipinski definition) is 4. The van der Waals surface area contributed by atoms with E-state index in [0.29, 0.717) is 43.2 Å². The predicted octanol–water partition coefficient (Wildman–Crippen LogP) is 5.01. The highest BCUT2D eigenvalue weighted by molar-refractivity contribution is 5.66. The molecule has 1 aliphatic carbocycles. The Morgan fingerprint density at radius 3 is 2.67 bits per heavy atom. The van der Waals surface area contributed by atoms with Crippen LogP contribution in [0, 0.1) is 11.8 Å². The lowest BCUT2D eigenvalue weighted by Gasteiger charge is -2.30. The molecule has 30 heavy (non-hydrogen) atoms. The minimum atomic E-state index is -0.776. The Kier molecular flexibility index (Phi) is 7.67. The van der Waals surface area contributed by atoms with E-state index in [4.69, 9.17) is 19.3 Å². The van der Waals surface area contributed by atoms with Gasteiger partial charge in [-0.05, 0) is 68.6 Å². The normalized spacial score (nSPS) is 28.7. The summed E-state index contributed by atoms with van der Waals surface area (Å²) in [6, 6.07) is 8.24. The van der Waals surface area contributed by atoms with Gasteiger partial charge in [0.05, 0.1) is 31.5 Å². The fraction of sp³-hybridized carbons (Fsp3) is 0.720. The van der Waals surface area contributed by atoms with Crippen molar-refractivity contribution in [2.75, 3.05) is 13.2 Å². The van der Waals surface area contributed by atoms with Gasteiger partial charge in [-0.2, -0.15) is 0 Å². The van der Waals surface area contributed by atoms with Gasteiger partial charge in [-0.3, -0.25) is 4.79 Å². The highest BCUT2D eigenvalue weighted by Crippen LogP contribution is 2.46. The SMILES string of the molecule is O=C(O)CCCOc1cccc(CC[C@@H]2[C@H](COC3CCCCC3)[C@@H]3CC[C@H]2O3)c1. The summed E-state index contributed by atoms with van der Waals surface area (Å²) in [4.78, 5) is 10.6. The second-order valence-electron chi connectivity index (χ2n) is 9.24. The van der Waals surface area contributed by atoms with Crippen LogP contribution >= 0.6 is 0 Å². The third kappa shape index (κ3) is 5.76. The van der Waals surface area contributed by atoms with Crippen LogP contribution in [0.3, 0.4) is 0 Å². The van der Waals surface area contributed by atoms with Crippen molar-refractivity contribution in [1.29, 1.82) is 0 Å². The number of aryl methyl sites for hydroxylation is 1. The van der Waals surface area contributed by atoms with Gasteiger partial charge in [-0.1, -0.05) is 31.4 Å². The van der Waals surface area contributed by atoms with Crippen molar-refractivity contribution in [3.05, 3.63) is 29.8 Å². The summed E-state index contributed by atoms with van der Waals surface area (Å²) in [7, 11) is 0. The molecule has 3 fully saturated rings. The van der Waals surface area contributed by atoms with Gasteiger partial charge < -0.3 is 19.3 Å². The van der Waals surface area contributed by atoms with Crippen LogP contribution in [0.4, 0.5) is 0 Å². The molecule has 166 valence electrons. The molecule has 0 spiro atoms. The molecule has 0 unspecified atom stereocenters. The van der Waals surface area contributed by atoms with E-state index in [0.717, 1.165) is 25.2 Å². The molecular formula is C25H36O5. The van der Waals surface area contributed by atoms with Gasteiger partial charge in [0, 0.05) is 12.3 Å². The number of rotatable bonds is 11. The van der Waals surface area contributed by atoms with Crippen molar-refractivity contribution < 1.29 is 24.1 Å². The number of benzene rings is 1. The van der Waals surface area contributed by atoms with Crippen molar-refractivity contribution in [2.24, 2.45) is 11.8 Å². The van der Waals surface area contributed by atoms with Crippen LogP contribution in [-0.2, 0) is 20.7 Å². The molecular weight excluding hydrogens is 380 g/mol. The van der Waals surface area contributed by atoms with Gasteiger partial charge in [0.15, 0.2) is 0 Å². The van der Waals surface area contributed by atoms with E-state index in [1.54, 1.807) is 0 Å². The van der Waals surface area contributed by atoms with E-state index in [2.05, 4.69) is 12.1 Å². The Morgan fingerprint density at radius 1 is 1.07 bits per heavy atom. The summed E-state index contributed by atoms with van der Waals surface area (Å²) in [5.41, 5.74) is 1.28. The third-order valence-corrected chi connectivity index (χ3v) is 7.14. The van der Waals surface area contributed by atoms with Crippen molar-refractivity contribution >= 4 is 5.97 Å². The molecule has 0 amide bonds. The topological polar surface area (TPSA) is 65.0 Å². The molecule has 5 heteroatoms. The molecule has 1 saturated carbocycles. The number of carbonyl (C=O) groups is 1. The monoisotopic (exact) mass is 416 g/mol. The molecule has 2 aliphatic heterocycles. The lowest BCUT2D eigenvalue weighted by Crippen LogP contribution is -2.33. The van der Waals surface area contributed by atoms with Crippen molar-refractivity contribution in [3.63, 3.8) is 0 Å². The van der Waals surface area contributed by atoms with Gasteiger partial charge in [0.1, 0.15) is 5.75 Å². The summed E-state index contributed by atoms with van der Waals surface area (Å²) in [6.45, 7) is 1.31. The number of fused-ring (bicyclic) bond motifs is 2. The Balaban J connectivity index is 1.26. The van der Waals surface area contributed by atoms with Crippen LogP contribution < -0.4 is 4.74 Å². The maximum atomic E-state index is 10.6. The van der Waals surface area contributed by atoms with Crippen LogP contribution in [0.5, 0.6) is 5.75 Å². The van der Waals surface area contributed by atoms with E-state index in [-0.39, 0.29) is 6.42 Å². The van der Waals surface area contributed by atoms with E-state index in [1.807, 2.05) is 12.1 Å². The number of aliphatic carboxylic acids is 1. The van der Waals surface area contributed by atoms with E-state index in [9.17, 15) is 4.79 Å². The first-order chi connectivity index (χ1) is 14.7. The van der Waals surface area contributed by atoms with Gasteiger partial charge in [-0.25, -0.2) is 0 Å². The largest absolute Gasteiger partial charge is 0.494 e. The molecule has 1 aromatic carbocycles. The zero-order valence-corrected chi connectivity index (χ0v) is 18.0. The zero-order chi connectivity index (χ0) is 20.8. The molecule has 2 heterocycles. The number of carboxylic acids is 1. The minimum Gasteiger partial charge on any atom is -0.494 e.